The van der Waals surface area contributed by atoms with E-state index in [4.69, 9.17) is 11.5 Å². The third-order valence-corrected chi connectivity index (χ3v) is 4.51. The molecular formula is C20H25N3O4. The average molecular weight is 371 g/mol. The second-order valence-corrected chi connectivity index (χ2v) is 6.70. The van der Waals surface area contributed by atoms with Crippen LogP contribution in [0.25, 0.3) is 0 Å². The number of carbonyl (C=O) groups is 2. The number of primary amides is 1. The van der Waals surface area contributed by atoms with Crippen molar-refractivity contribution < 1.29 is 19.8 Å². The summed E-state index contributed by atoms with van der Waals surface area (Å²) in [6, 6.07) is 7.85. The molecule has 0 aliphatic heterocycles. The van der Waals surface area contributed by atoms with Gasteiger partial charge in [-0.15, -0.1) is 0 Å². The molecule has 2 aromatic carbocycles. The fourth-order valence-electron chi connectivity index (χ4n) is 2.87. The van der Waals surface area contributed by atoms with Gasteiger partial charge in [0.2, 0.25) is 11.8 Å². The van der Waals surface area contributed by atoms with Crippen LogP contribution in [0.3, 0.4) is 0 Å². The van der Waals surface area contributed by atoms with E-state index in [-0.39, 0.29) is 24.3 Å². The van der Waals surface area contributed by atoms with Crippen molar-refractivity contribution in [2.24, 2.45) is 11.5 Å². The summed E-state index contributed by atoms with van der Waals surface area (Å²) >= 11 is 0. The van der Waals surface area contributed by atoms with Gasteiger partial charge >= 0.3 is 0 Å². The van der Waals surface area contributed by atoms with E-state index in [1.54, 1.807) is 31.2 Å². The van der Waals surface area contributed by atoms with Crippen molar-refractivity contribution in [1.82, 2.24) is 5.32 Å². The van der Waals surface area contributed by atoms with Crippen LogP contribution in [0, 0.1) is 13.8 Å². The number of benzene rings is 2. The van der Waals surface area contributed by atoms with Gasteiger partial charge in [-0.2, -0.15) is 0 Å². The van der Waals surface area contributed by atoms with Gasteiger partial charge in [-0.3, -0.25) is 9.59 Å². The van der Waals surface area contributed by atoms with Crippen molar-refractivity contribution >= 4 is 11.8 Å². The monoisotopic (exact) mass is 371 g/mol. The Bertz CT molecular complexity index is 851. The molecule has 2 atom stereocenters. The van der Waals surface area contributed by atoms with Gasteiger partial charge in [-0.25, -0.2) is 0 Å². The van der Waals surface area contributed by atoms with Crippen LogP contribution in [0.15, 0.2) is 36.4 Å². The molecule has 0 unspecified atom stereocenters. The van der Waals surface area contributed by atoms with Gasteiger partial charge in [0.1, 0.15) is 17.5 Å². The Labute approximate surface area is 158 Å². The Morgan fingerprint density at radius 3 is 1.89 bits per heavy atom. The van der Waals surface area contributed by atoms with Crippen molar-refractivity contribution in [3.8, 4) is 11.5 Å². The minimum atomic E-state index is -0.910. The summed E-state index contributed by atoms with van der Waals surface area (Å²) in [5.74, 6) is -0.874. The van der Waals surface area contributed by atoms with Crippen molar-refractivity contribution in [2.45, 2.75) is 38.8 Å². The topological polar surface area (TPSA) is 139 Å². The number of phenols is 2. The van der Waals surface area contributed by atoms with Crippen molar-refractivity contribution in [2.75, 3.05) is 0 Å². The molecule has 2 amide bonds. The van der Waals surface area contributed by atoms with E-state index in [1.807, 2.05) is 6.92 Å². The minimum absolute atomic E-state index is 0.127. The predicted molar refractivity (Wildman–Crippen MR) is 102 cm³/mol. The molecule has 0 fully saturated rings. The van der Waals surface area contributed by atoms with Gasteiger partial charge in [-0.05, 0) is 66.8 Å². The third kappa shape index (κ3) is 5.46. The summed E-state index contributed by atoms with van der Waals surface area (Å²) in [5.41, 5.74) is 14.7. The van der Waals surface area contributed by atoms with Gasteiger partial charge < -0.3 is 27.0 Å². The quantitative estimate of drug-likeness (QED) is 0.490. The molecule has 0 saturated carbocycles. The first kappa shape index (κ1) is 20.3. The van der Waals surface area contributed by atoms with Gasteiger partial charge in [-0.1, -0.05) is 12.1 Å². The molecule has 27 heavy (non-hydrogen) atoms. The lowest BCUT2D eigenvalue weighted by Crippen LogP contribution is -2.52. The smallest absolute Gasteiger partial charge is 0.240 e. The van der Waals surface area contributed by atoms with Crippen LogP contribution in [-0.4, -0.2) is 34.1 Å². The highest BCUT2D eigenvalue weighted by Crippen LogP contribution is 2.18. The van der Waals surface area contributed by atoms with Crippen LogP contribution < -0.4 is 16.8 Å². The van der Waals surface area contributed by atoms with E-state index in [0.29, 0.717) is 0 Å². The normalized spacial score (nSPS) is 13.0. The summed E-state index contributed by atoms with van der Waals surface area (Å²) in [5, 5.41) is 21.6. The number of amides is 2. The van der Waals surface area contributed by atoms with E-state index >= 15 is 0 Å². The molecule has 2 rings (SSSR count). The molecule has 7 heteroatoms. The lowest BCUT2D eigenvalue weighted by atomic mass is 9.98. The molecule has 7 nitrogen and oxygen atoms in total. The molecule has 7 N–H and O–H groups in total. The van der Waals surface area contributed by atoms with Crippen LogP contribution in [0.5, 0.6) is 11.5 Å². The van der Waals surface area contributed by atoms with Gasteiger partial charge in [0, 0.05) is 6.42 Å². The number of rotatable bonds is 7. The molecular weight excluding hydrogens is 346 g/mol. The zero-order valence-corrected chi connectivity index (χ0v) is 15.4. The highest BCUT2D eigenvalue weighted by atomic mass is 16.3. The molecule has 0 spiro atoms. The Morgan fingerprint density at radius 2 is 1.44 bits per heavy atom. The van der Waals surface area contributed by atoms with Crippen molar-refractivity contribution in [3.05, 3.63) is 58.7 Å². The molecule has 0 aromatic heterocycles. The Kier molecular flexibility index (Phi) is 6.41. The van der Waals surface area contributed by atoms with Gasteiger partial charge in [0.05, 0.1) is 6.04 Å². The summed E-state index contributed by atoms with van der Waals surface area (Å²) in [6.45, 7) is 3.62. The lowest BCUT2D eigenvalue weighted by Gasteiger charge is -2.20. The molecule has 0 aliphatic rings. The van der Waals surface area contributed by atoms with E-state index < -0.39 is 23.9 Å². The van der Waals surface area contributed by atoms with Crippen molar-refractivity contribution in [1.29, 1.82) is 0 Å². The standard InChI is InChI=1S/C20H25N3O4/c1-11-7-15(24)5-3-13(11)9-17(21)20(27)23-18(19(22)26)10-14-4-6-16(25)8-12(14)2/h3-8,17-18,24-25H,9-10,21H2,1-2H3,(H2,22,26)(H,23,27)/t17-,18-/m0/s1. The summed E-state index contributed by atoms with van der Waals surface area (Å²) in [6.07, 6.45) is 0.472. The fourth-order valence-corrected chi connectivity index (χ4v) is 2.87. The first-order valence-electron chi connectivity index (χ1n) is 8.59. The fraction of sp³-hybridized carbons (Fsp3) is 0.300. The first-order chi connectivity index (χ1) is 12.7. The largest absolute Gasteiger partial charge is 0.508 e. The minimum Gasteiger partial charge on any atom is -0.508 e. The molecule has 0 aliphatic carbocycles. The van der Waals surface area contributed by atoms with Crippen LogP contribution in [0.2, 0.25) is 0 Å². The number of nitrogens with two attached hydrogens (primary N) is 2. The number of aromatic hydroxyl groups is 2. The van der Waals surface area contributed by atoms with Gasteiger partial charge in [0.15, 0.2) is 0 Å². The molecule has 2 aromatic rings. The SMILES string of the molecule is Cc1cc(O)ccc1C[C@H](NC(=O)[C@@H](N)Cc1ccc(O)cc1C)C(N)=O. The number of aryl methyl sites for hydroxylation is 2. The molecule has 0 radical (unpaired) electrons. The highest BCUT2D eigenvalue weighted by Gasteiger charge is 2.23. The summed E-state index contributed by atoms with van der Waals surface area (Å²) in [7, 11) is 0. The molecule has 144 valence electrons. The zero-order chi connectivity index (χ0) is 20.1. The summed E-state index contributed by atoms with van der Waals surface area (Å²) in [4.78, 5) is 24.2. The lowest BCUT2D eigenvalue weighted by molar-refractivity contribution is -0.128. The molecule has 0 saturated heterocycles. The van der Waals surface area contributed by atoms with Crippen molar-refractivity contribution in [3.63, 3.8) is 0 Å². The maximum atomic E-state index is 12.4. The van der Waals surface area contributed by atoms with Crippen LogP contribution in [0.4, 0.5) is 0 Å². The zero-order valence-electron chi connectivity index (χ0n) is 15.4. The van der Waals surface area contributed by atoms with Crippen LogP contribution >= 0.6 is 0 Å². The number of nitrogens with one attached hydrogen (secondary N) is 1. The highest BCUT2D eigenvalue weighted by molar-refractivity contribution is 5.89. The number of hydrogen-bond acceptors (Lipinski definition) is 5. The van der Waals surface area contributed by atoms with E-state index in [2.05, 4.69) is 5.32 Å². The number of hydrogen-bond donors (Lipinski definition) is 5. The van der Waals surface area contributed by atoms with E-state index in [9.17, 15) is 19.8 Å². The second-order valence-electron chi connectivity index (χ2n) is 6.70. The Morgan fingerprint density at radius 1 is 0.963 bits per heavy atom. The van der Waals surface area contributed by atoms with Gasteiger partial charge in [0.25, 0.3) is 0 Å². The predicted octanol–water partition coefficient (Wildman–Crippen LogP) is 0.797. The molecule has 0 heterocycles. The maximum Gasteiger partial charge on any atom is 0.240 e. The number of phenolic OH excluding ortho intramolecular Hbond substituents is 2. The first-order valence-corrected chi connectivity index (χ1v) is 8.59. The van der Waals surface area contributed by atoms with E-state index in [1.165, 1.54) is 12.1 Å². The molecule has 0 bridgehead atoms. The number of carbonyl (C=O) groups excluding carboxylic acids is 2. The van der Waals surface area contributed by atoms with E-state index in [0.717, 1.165) is 22.3 Å². The second kappa shape index (κ2) is 8.55. The van der Waals surface area contributed by atoms with Crippen LogP contribution in [-0.2, 0) is 22.4 Å². The Balaban J connectivity index is 2.06. The maximum absolute atomic E-state index is 12.4. The summed E-state index contributed by atoms with van der Waals surface area (Å²) < 4.78 is 0. The third-order valence-electron chi connectivity index (χ3n) is 4.51. The Hall–Kier alpha value is -3.06. The van der Waals surface area contributed by atoms with Crippen LogP contribution in [0.1, 0.15) is 22.3 Å². The average Bonchev–Trinajstić information content (AvgIpc) is 2.58.